The number of aliphatic hydroxyl groups excluding tert-OH is 1. The zero-order valence-corrected chi connectivity index (χ0v) is 24.2. The number of aliphatic carboxylic acids is 1. The van der Waals surface area contributed by atoms with E-state index in [0.717, 1.165) is 11.6 Å². The van der Waals surface area contributed by atoms with Gasteiger partial charge in [0, 0.05) is 31.2 Å². The van der Waals surface area contributed by atoms with E-state index in [2.05, 4.69) is 25.6 Å². The van der Waals surface area contributed by atoms with Gasteiger partial charge in [-0.1, -0.05) is 29.5 Å². The average Bonchev–Trinajstić information content (AvgIpc) is 3.56. The molecule has 1 aliphatic heterocycles. The maximum Gasteiger partial charge on any atom is 0.244 e. The molecular formula is C23H27N8O7S3-. The highest BCUT2D eigenvalue weighted by Gasteiger charge is 2.37. The summed E-state index contributed by atoms with van der Waals surface area (Å²) in [6.45, 7) is 1.38. The van der Waals surface area contributed by atoms with Gasteiger partial charge in [-0.15, -0.1) is 10.2 Å². The molecule has 4 aromatic rings. The molecule has 15 nitrogen and oxygen atoms in total. The van der Waals surface area contributed by atoms with E-state index in [1.165, 1.54) is 27.8 Å². The molecule has 18 heteroatoms. The third-order valence-corrected chi connectivity index (χ3v) is 10.3. The Kier molecular flexibility index (Phi) is 9.00. The number of carboxylic acids is 1. The van der Waals surface area contributed by atoms with Crippen LogP contribution in [0.3, 0.4) is 0 Å². The minimum atomic E-state index is -4.61. The van der Waals surface area contributed by atoms with E-state index in [4.69, 9.17) is 20.8 Å². The molecule has 0 aliphatic carbocycles. The van der Waals surface area contributed by atoms with Crippen LogP contribution in [0.4, 0.5) is 5.13 Å². The summed E-state index contributed by atoms with van der Waals surface area (Å²) in [5.74, 6) is -1.03. The van der Waals surface area contributed by atoms with E-state index in [0.29, 0.717) is 41.0 Å². The number of benzene rings is 2. The van der Waals surface area contributed by atoms with Gasteiger partial charge in [0.05, 0.1) is 15.8 Å². The largest absolute Gasteiger partial charge is 0.550 e. The van der Waals surface area contributed by atoms with Gasteiger partial charge < -0.3 is 20.7 Å². The molecule has 2 aromatic heterocycles. The highest BCUT2D eigenvalue weighted by molar-refractivity contribution is 7.92. The maximum absolute atomic E-state index is 13.8. The Morgan fingerprint density at radius 3 is 2.44 bits per heavy atom. The predicted octanol–water partition coefficient (Wildman–Crippen LogP) is -0.0877. The number of thiazole rings is 1. The minimum Gasteiger partial charge on any atom is -0.550 e. The van der Waals surface area contributed by atoms with E-state index in [1.807, 2.05) is 6.07 Å². The molecular weight excluding hydrogens is 597 g/mol. The second kappa shape index (κ2) is 12.1. The van der Waals surface area contributed by atoms with Crippen molar-refractivity contribution in [2.24, 2.45) is 11.1 Å². The number of aromatic amines is 1. The number of hydrogen-bond donors (Lipinski definition) is 4. The number of H-pyrrole nitrogens is 1. The van der Waals surface area contributed by atoms with Gasteiger partial charge in [0.15, 0.2) is 5.13 Å². The van der Waals surface area contributed by atoms with Crippen molar-refractivity contribution in [2.75, 3.05) is 25.4 Å². The van der Waals surface area contributed by atoms with Gasteiger partial charge in [-0.3, -0.25) is 0 Å². The number of carboxylic acid groups (broad SMARTS) is 1. The second-order valence-electron chi connectivity index (χ2n) is 9.15. The standard InChI is InChI=1S/C21H24N8O5S3.C2H4O2/c22-21-24-18-14(2-1-3-15(18)35-21)13-4-5-16(19(36(23,31)32)17(13)20-25-27-28-26-20)37(33,34)29-9-6-12(7-10-29)8-11-30;1-2(3)4/h1-5,12,30H,6-11H2,(H2,22,24)(H2,23,31,32)(H,25,26,27,28);1H3,(H,3,4)/p-1. The summed E-state index contributed by atoms with van der Waals surface area (Å²) in [6.07, 6.45) is 1.68. The van der Waals surface area contributed by atoms with Crippen molar-refractivity contribution in [3.63, 3.8) is 0 Å². The topological polar surface area (TPSA) is 251 Å². The van der Waals surface area contributed by atoms with E-state index in [9.17, 15) is 21.9 Å². The van der Waals surface area contributed by atoms with Crippen LogP contribution in [-0.2, 0) is 24.8 Å². The van der Waals surface area contributed by atoms with Crippen LogP contribution in [0, 0.1) is 5.92 Å². The van der Waals surface area contributed by atoms with Crippen LogP contribution in [0.2, 0.25) is 0 Å². The zero-order chi connectivity index (χ0) is 29.9. The number of anilines is 1. The van der Waals surface area contributed by atoms with Crippen LogP contribution in [0.1, 0.15) is 26.2 Å². The summed E-state index contributed by atoms with van der Waals surface area (Å²) in [6, 6.07) is 8.03. The molecule has 0 saturated carbocycles. The van der Waals surface area contributed by atoms with Crippen LogP contribution in [0.5, 0.6) is 0 Å². The molecule has 0 unspecified atom stereocenters. The molecule has 0 radical (unpaired) electrons. The summed E-state index contributed by atoms with van der Waals surface area (Å²) in [5, 5.41) is 37.8. The molecule has 0 bridgehead atoms. The molecule has 1 saturated heterocycles. The summed E-state index contributed by atoms with van der Waals surface area (Å²) in [5.41, 5.74) is 7.13. The molecule has 6 N–H and O–H groups in total. The monoisotopic (exact) mass is 623 g/mol. The summed E-state index contributed by atoms with van der Waals surface area (Å²) < 4.78 is 55.6. The minimum absolute atomic E-state index is 0.0277. The normalized spacial score (nSPS) is 15.0. The molecule has 5 rings (SSSR count). The van der Waals surface area contributed by atoms with Gasteiger partial charge in [-0.05, 0) is 55.0 Å². The van der Waals surface area contributed by atoms with Gasteiger partial charge in [0.1, 0.15) is 9.79 Å². The first-order valence-corrected chi connectivity index (χ1v) is 16.0. The molecule has 3 heterocycles. The molecule has 41 heavy (non-hydrogen) atoms. The number of primary sulfonamides is 1. The van der Waals surface area contributed by atoms with Gasteiger partial charge in [0.25, 0.3) is 0 Å². The summed E-state index contributed by atoms with van der Waals surface area (Å²) >= 11 is 1.26. The lowest BCUT2D eigenvalue weighted by Gasteiger charge is -2.31. The lowest BCUT2D eigenvalue weighted by atomic mass is 9.95. The van der Waals surface area contributed by atoms with Crippen LogP contribution < -0.4 is 16.0 Å². The maximum atomic E-state index is 13.8. The van der Waals surface area contributed by atoms with E-state index in [-0.39, 0.29) is 37.0 Å². The second-order valence-corrected chi connectivity index (χ2v) is 13.6. The van der Waals surface area contributed by atoms with Crippen molar-refractivity contribution >= 4 is 52.7 Å². The number of hydrogen-bond acceptors (Lipinski definition) is 13. The number of piperidine rings is 1. The third-order valence-electron chi connectivity index (χ3n) is 6.43. The molecule has 2 aromatic carbocycles. The van der Waals surface area contributed by atoms with Crippen LogP contribution in [-0.4, -0.2) is 77.5 Å². The summed E-state index contributed by atoms with van der Waals surface area (Å²) in [4.78, 5) is 12.2. The van der Waals surface area contributed by atoms with Crippen LogP contribution in [0.15, 0.2) is 40.1 Å². The highest BCUT2D eigenvalue weighted by atomic mass is 32.2. The smallest absolute Gasteiger partial charge is 0.244 e. The summed E-state index contributed by atoms with van der Waals surface area (Å²) in [7, 11) is -8.89. The lowest BCUT2D eigenvalue weighted by molar-refractivity contribution is -0.302. The Morgan fingerprint density at radius 2 is 1.85 bits per heavy atom. The van der Waals surface area contributed by atoms with E-state index in [1.54, 1.807) is 12.1 Å². The Balaban J connectivity index is 0.000000909. The van der Waals surface area contributed by atoms with Crippen molar-refractivity contribution < 1.29 is 31.8 Å². The first-order valence-electron chi connectivity index (χ1n) is 12.2. The van der Waals surface area contributed by atoms with Crippen molar-refractivity contribution in [3.05, 3.63) is 30.3 Å². The molecule has 0 atom stereocenters. The molecule has 1 fully saturated rings. The SMILES string of the molecule is CC(=O)[O-].Nc1nc2c(-c3ccc(S(=O)(=O)N4CCC(CCO)CC4)c(S(N)(=O)=O)c3-c3nn[nH]n3)cccc2s1. The number of fused-ring (bicyclic) bond motifs is 1. The molecule has 0 spiro atoms. The van der Waals surface area contributed by atoms with E-state index >= 15 is 0 Å². The number of carbonyl (C=O) groups excluding carboxylic acids is 1. The van der Waals surface area contributed by atoms with Gasteiger partial charge in [0.2, 0.25) is 25.9 Å². The molecule has 0 amide bonds. The number of sulfonamides is 2. The van der Waals surface area contributed by atoms with Gasteiger partial charge in [-0.2, -0.15) is 9.52 Å². The van der Waals surface area contributed by atoms with Crippen LogP contribution in [0.25, 0.3) is 32.7 Å². The number of aliphatic hydroxyl groups is 1. The quantitative estimate of drug-likeness (QED) is 0.211. The fourth-order valence-corrected chi connectivity index (χ4v) is 8.51. The molecule has 1 aliphatic rings. The number of rotatable bonds is 7. The fraction of sp³-hybridized carbons (Fsp3) is 0.348. The number of nitrogen functional groups attached to an aromatic ring is 1. The number of nitrogens with one attached hydrogen (secondary N) is 1. The number of carbonyl (C=O) groups is 1. The van der Waals surface area contributed by atoms with Crippen molar-refractivity contribution in [1.29, 1.82) is 0 Å². The fourth-order valence-electron chi connectivity index (χ4n) is 4.71. The zero-order valence-electron chi connectivity index (χ0n) is 21.7. The number of tetrazole rings is 1. The van der Waals surface area contributed by atoms with Gasteiger partial charge in [-0.25, -0.2) is 27.0 Å². The van der Waals surface area contributed by atoms with Crippen molar-refractivity contribution in [1.82, 2.24) is 29.9 Å². The Bertz CT molecular complexity index is 1760. The average molecular weight is 624 g/mol. The Morgan fingerprint density at radius 1 is 1.17 bits per heavy atom. The molecule has 220 valence electrons. The highest BCUT2D eigenvalue weighted by Crippen LogP contribution is 2.42. The number of para-hydroxylation sites is 1. The Hall–Kier alpha value is -3.55. The third kappa shape index (κ3) is 6.52. The number of aromatic nitrogens is 5. The number of nitrogens with zero attached hydrogens (tertiary/aromatic N) is 5. The van der Waals surface area contributed by atoms with Crippen molar-refractivity contribution in [2.45, 2.75) is 36.0 Å². The first-order chi connectivity index (χ1) is 19.3. The first kappa shape index (κ1) is 30.4. The lowest BCUT2D eigenvalue weighted by Crippen LogP contribution is -2.39. The van der Waals surface area contributed by atoms with Crippen molar-refractivity contribution in [3.8, 4) is 22.5 Å². The van der Waals surface area contributed by atoms with E-state index < -0.39 is 35.8 Å². The van der Waals surface area contributed by atoms with Crippen LogP contribution >= 0.6 is 11.3 Å². The Labute approximate surface area is 239 Å². The van der Waals surface area contributed by atoms with Gasteiger partial charge >= 0.3 is 0 Å². The predicted molar refractivity (Wildman–Crippen MR) is 148 cm³/mol. The number of nitrogens with two attached hydrogens (primary N) is 2.